The summed E-state index contributed by atoms with van der Waals surface area (Å²) in [5, 5.41) is 0. The van der Waals surface area contributed by atoms with Crippen molar-refractivity contribution in [2.24, 2.45) is 0 Å². The monoisotopic (exact) mass is 225 g/mol. The fourth-order valence-corrected chi connectivity index (χ4v) is 1.55. The zero-order valence-corrected chi connectivity index (χ0v) is 10.1. The quantitative estimate of drug-likeness (QED) is 0.707. The first-order valence-electron chi connectivity index (χ1n) is 5.51. The molecule has 5 nitrogen and oxygen atoms in total. The molecule has 1 aromatic rings. The van der Waals surface area contributed by atoms with Crippen LogP contribution in [0.4, 0.5) is 0 Å². The van der Waals surface area contributed by atoms with Crippen molar-refractivity contribution in [1.82, 2.24) is 14.0 Å². The van der Waals surface area contributed by atoms with E-state index >= 15 is 0 Å². The first-order chi connectivity index (χ1) is 7.56. The van der Waals surface area contributed by atoms with E-state index in [1.807, 2.05) is 25.9 Å². The van der Waals surface area contributed by atoms with Crippen LogP contribution in [0.1, 0.15) is 13.3 Å². The predicted molar refractivity (Wildman–Crippen MR) is 63.8 cm³/mol. The second-order valence-corrected chi connectivity index (χ2v) is 4.03. The lowest BCUT2D eigenvalue weighted by Gasteiger charge is -2.11. The molecule has 90 valence electrons. The van der Waals surface area contributed by atoms with Gasteiger partial charge in [-0.2, -0.15) is 0 Å². The molecule has 0 atom stereocenters. The van der Waals surface area contributed by atoms with Crippen molar-refractivity contribution in [3.63, 3.8) is 0 Å². The summed E-state index contributed by atoms with van der Waals surface area (Å²) in [6.07, 6.45) is 2.35. The van der Waals surface area contributed by atoms with Gasteiger partial charge < -0.3 is 9.47 Å². The number of aromatic nitrogens is 2. The van der Waals surface area contributed by atoms with E-state index in [2.05, 4.69) is 0 Å². The van der Waals surface area contributed by atoms with Gasteiger partial charge in [0.2, 0.25) is 0 Å². The fraction of sp³-hybridized carbons (Fsp3) is 0.636. The molecule has 0 bridgehead atoms. The van der Waals surface area contributed by atoms with Crippen LogP contribution >= 0.6 is 0 Å². The van der Waals surface area contributed by atoms with E-state index in [0.29, 0.717) is 13.1 Å². The molecule has 0 amide bonds. The summed E-state index contributed by atoms with van der Waals surface area (Å²) in [6.45, 7) is 3.83. The van der Waals surface area contributed by atoms with Crippen LogP contribution < -0.4 is 11.2 Å². The lowest BCUT2D eigenvalue weighted by atomic mass is 10.4. The molecule has 1 heterocycles. The van der Waals surface area contributed by atoms with Gasteiger partial charge in [0.15, 0.2) is 0 Å². The molecule has 0 spiro atoms. The Morgan fingerprint density at radius 1 is 1.31 bits per heavy atom. The molecule has 1 aromatic heterocycles. The largest absolute Gasteiger partial charge is 0.330 e. The molecule has 0 aromatic carbocycles. The average molecular weight is 225 g/mol. The van der Waals surface area contributed by atoms with E-state index in [0.717, 1.165) is 13.0 Å². The number of hydrogen-bond acceptors (Lipinski definition) is 3. The highest BCUT2D eigenvalue weighted by atomic mass is 16.2. The number of hydrogen-bond donors (Lipinski definition) is 0. The molecule has 0 aliphatic rings. The SMILES string of the molecule is CCn1ccc(=O)n(CCCN(C)C)c1=O. The van der Waals surface area contributed by atoms with Crippen LogP contribution in [0, 0.1) is 0 Å². The van der Waals surface area contributed by atoms with Crippen molar-refractivity contribution in [2.45, 2.75) is 26.4 Å². The molecule has 16 heavy (non-hydrogen) atoms. The Hall–Kier alpha value is -1.36. The van der Waals surface area contributed by atoms with Crippen molar-refractivity contribution in [1.29, 1.82) is 0 Å². The Labute approximate surface area is 94.9 Å². The second kappa shape index (κ2) is 5.65. The summed E-state index contributed by atoms with van der Waals surface area (Å²) in [5.74, 6) is 0. The lowest BCUT2D eigenvalue weighted by Crippen LogP contribution is -2.39. The fourth-order valence-electron chi connectivity index (χ4n) is 1.55. The molecule has 0 N–H and O–H groups in total. The van der Waals surface area contributed by atoms with E-state index in [1.54, 1.807) is 6.20 Å². The lowest BCUT2D eigenvalue weighted by molar-refractivity contribution is 0.380. The Morgan fingerprint density at radius 3 is 2.56 bits per heavy atom. The predicted octanol–water partition coefficient (Wildman–Crippen LogP) is -0.0184. The summed E-state index contributed by atoms with van der Waals surface area (Å²) < 4.78 is 2.84. The van der Waals surface area contributed by atoms with Crippen molar-refractivity contribution in [3.05, 3.63) is 33.1 Å². The van der Waals surface area contributed by atoms with Crippen LogP contribution in [0.2, 0.25) is 0 Å². The normalized spacial score (nSPS) is 11.0. The molecule has 0 radical (unpaired) electrons. The third-order valence-electron chi connectivity index (χ3n) is 2.47. The van der Waals surface area contributed by atoms with E-state index < -0.39 is 0 Å². The Balaban J connectivity index is 2.87. The Morgan fingerprint density at radius 2 is 2.00 bits per heavy atom. The van der Waals surface area contributed by atoms with Crippen molar-refractivity contribution < 1.29 is 0 Å². The molecule has 0 aliphatic carbocycles. The molecule has 0 fully saturated rings. The van der Waals surface area contributed by atoms with Gasteiger partial charge in [0.1, 0.15) is 0 Å². The summed E-state index contributed by atoms with van der Waals surface area (Å²) in [4.78, 5) is 25.4. The number of aryl methyl sites for hydroxylation is 1. The van der Waals surface area contributed by atoms with Crippen molar-refractivity contribution >= 4 is 0 Å². The zero-order valence-electron chi connectivity index (χ0n) is 10.1. The zero-order chi connectivity index (χ0) is 12.1. The highest BCUT2D eigenvalue weighted by molar-refractivity contribution is 4.86. The van der Waals surface area contributed by atoms with Gasteiger partial charge in [0.05, 0.1) is 0 Å². The summed E-state index contributed by atoms with van der Waals surface area (Å²) in [7, 11) is 3.94. The molecule has 0 aliphatic heterocycles. The topological polar surface area (TPSA) is 47.2 Å². The standard InChI is InChI=1S/C11H19N3O2/c1-4-13-9-6-10(15)14(11(13)16)8-5-7-12(2)3/h6,9H,4-5,7-8H2,1-3H3. The molecule has 5 heteroatoms. The van der Waals surface area contributed by atoms with Crippen LogP contribution in [-0.2, 0) is 13.1 Å². The second-order valence-electron chi connectivity index (χ2n) is 4.03. The molecule has 0 saturated heterocycles. The van der Waals surface area contributed by atoms with Crippen molar-refractivity contribution in [2.75, 3.05) is 20.6 Å². The Kier molecular flexibility index (Phi) is 4.49. The molecular formula is C11H19N3O2. The molecule has 1 rings (SSSR count). The minimum Gasteiger partial charge on any atom is -0.309 e. The molecule has 0 unspecified atom stereocenters. The first-order valence-corrected chi connectivity index (χ1v) is 5.51. The van der Waals surface area contributed by atoms with E-state index in [-0.39, 0.29) is 11.2 Å². The van der Waals surface area contributed by atoms with Crippen LogP contribution in [0.25, 0.3) is 0 Å². The summed E-state index contributed by atoms with van der Waals surface area (Å²) in [5.41, 5.74) is -0.429. The maximum Gasteiger partial charge on any atom is 0.330 e. The van der Waals surface area contributed by atoms with E-state index in [1.165, 1.54) is 15.2 Å². The highest BCUT2D eigenvalue weighted by Gasteiger charge is 2.03. The highest BCUT2D eigenvalue weighted by Crippen LogP contribution is 1.86. The van der Waals surface area contributed by atoms with Gasteiger partial charge in [-0.05, 0) is 34.0 Å². The van der Waals surface area contributed by atoms with Gasteiger partial charge in [0.25, 0.3) is 5.56 Å². The molecular weight excluding hydrogens is 206 g/mol. The van der Waals surface area contributed by atoms with Crippen LogP contribution in [0.3, 0.4) is 0 Å². The number of rotatable bonds is 5. The first kappa shape index (κ1) is 12.7. The molecule has 0 saturated carbocycles. The van der Waals surface area contributed by atoms with Gasteiger partial charge in [-0.15, -0.1) is 0 Å². The van der Waals surface area contributed by atoms with E-state index in [9.17, 15) is 9.59 Å². The maximum atomic E-state index is 11.8. The minimum atomic E-state index is -0.214. The van der Waals surface area contributed by atoms with Gasteiger partial charge in [0, 0.05) is 25.4 Å². The third kappa shape index (κ3) is 3.06. The summed E-state index contributed by atoms with van der Waals surface area (Å²) in [6, 6.07) is 1.44. The average Bonchev–Trinajstić information content (AvgIpc) is 2.23. The van der Waals surface area contributed by atoms with Gasteiger partial charge in [-0.1, -0.05) is 0 Å². The van der Waals surface area contributed by atoms with Gasteiger partial charge in [-0.3, -0.25) is 9.36 Å². The van der Waals surface area contributed by atoms with E-state index in [4.69, 9.17) is 0 Å². The third-order valence-corrected chi connectivity index (χ3v) is 2.47. The Bertz CT molecular complexity index is 445. The van der Waals surface area contributed by atoms with Crippen molar-refractivity contribution in [3.8, 4) is 0 Å². The van der Waals surface area contributed by atoms with Gasteiger partial charge >= 0.3 is 5.69 Å². The van der Waals surface area contributed by atoms with Crippen LogP contribution in [-0.4, -0.2) is 34.7 Å². The maximum absolute atomic E-state index is 11.8. The van der Waals surface area contributed by atoms with Gasteiger partial charge in [-0.25, -0.2) is 4.79 Å². The van der Waals surface area contributed by atoms with Crippen LogP contribution in [0.15, 0.2) is 21.9 Å². The minimum absolute atomic E-state index is 0.214. The van der Waals surface area contributed by atoms with Crippen LogP contribution in [0.5, 0.6) is 0 Å². The summed E-state index contributed by atoms with van der Waals surface area (Å²) >= 11 is 0. The number of nitrogens with zero attached hydrogens (tertiary/aromatic N) is 3. The smallest absolute Gasteiger partial charge is 0.309 e.